The molecule has 0 aliphatic rings. The third-order valence-electron chi connectivity index (χ3n) is 3.24. The number of nitrogens with two attached hydrogens (primary N) is 1. The Morgan fingerprint density at radius 1 is 1.08 bits per heavy atom. The van der Waals surface area contributed by atoms with Crippen LogP contribution in [0, 0.1) is 0 Å². The largest absolute Gasteiger partial charge is 0.486 e. The van der Waals surface area contributed by atoms with Crippen LogP contribution in [-0.4, -0.2) is 26.5 Å². The highest BCUT2D eigenvalue weighted by molar-refractivity contribution is 7.99. The Morgan fingerprint density at radius 2 is 1.76 bits per heavy atom. The standard InChI is InChI=1S/C17H17N5O2S/c18-22-15(11-24-14-9-5-2-6-10-14)20-21-17(22)25-12-16(23)19-13-7-3-1-4-8-13/h1-10H,11-12,18H2,(H,19,23). The number of nitrogens with one attached hydrogen (secondary N) is 1. The van der Waals surface area contributed by atoms with Gasteiger partial charge in [-0.05, 0) is 24.3 Å². The van der Waals surface area contributed by atoms with Crippen molar-refractivity contribution in [3.63, 3.8) is 0 Å². The summed E-state index contributed by atoms with van der Waals surface area (Å²) in [5.74, 6) is 7.22. The maximum absolute atomic E-state index is 12.0. The highest BCUT2D eigenvalue weighted by atomic mass is 32.2. The molecule has 7 nitrogen and oxygen atoms in total. The number of thioether (sulfide) groups is 1. The third kappa shape index (κ3) is 4.74. The topological polar surface area (TPSA) is 95.1 Å². The van der Waals surface area contributed by atoms with Gasteiger partial charge in [0, 0.05) is 5.69 Å². The van der Waals surface area contributed by atoms with Crippen molar-refractivity contribution in [1.29, 1.82) is 0 Å². The van der Waals surface area contributed by atoms with Crippen molar-refractivity contribution in [2.45, 2.75) is 11.8 Å². The summed E-state index contributed by atoms with van der Waals surface area (Å²) in [6.45, 7) is 0.199. The Morgan fingerprint density at radius 3 is 2.48 bits per heavy atom. The molecular formula is C17H17N5O2S. The Balaban J connectivity index is 1.51. The normalized spacial score (nSPS) is 10.4. The summed E-state index contributed by atoms with van der Waals surface area (Å²) >= 11 is 1.21. The molecule has 0 unspecified atom stereocenters. The van der Waals surface area contributed by atoms with Gasteiger partial charge in [0.25, 0.3) is 0 Å². The van der Waals surface area contributed by atoms with E-state index in [9.17, 15) is 4.79 Å². The number of aromatic nitrogens is 3. The van der Waals surface area contributed by atoms with E-state index < -0.39 is 0 Å². The molecule has 1 heterocycles. The number of hydrogen-bond acceptors (Lipinski definition) is 6. The number of anilines is 1. The number of hydrogen-bond donors (Lipinski definition) is 2. The predicted molar refractivity (Wildman–Crippen MR) is 96.7 cm³/mol. The predicted octanol–water partition coefficient (Wildman–Crippen LogP) is 2.30. The maximum atomic E-state index is 12.0. The van der Waals surface area contributed by atoms with Gasteiger partial charge in [0.2, 0.25) is 11.1 Å². The summed E-state index contributed by atoms with van der Waals surface area (Å²) in [6, 6.07) is 18.6. The van der Waals surface area contributed by atoms with Crippen LogP contribution in [0.25, 0.3) is 0 Å². The molecule has 0 bridgehead atoms. The lowest BCUT2D eigenvalue weighted by Gasteiger charge is -2.06. The molecule has 0 aliphatic heterocycles. The third-order valence-corrected chi connectivity index (χ3v) is 4.18. The van der Waals surface area contributed by atoms with Crippen molar-refractivity contribution < 1.29 is 9.53 Å². The van der Waals surface area contributed by atoms with Gasteiger partial charge in [0.05, 0.1) is 5.75 Å². The first-order valence-corrected chi connectivity index (χ1v) is 8.56. The number of benzene rings is 2. The molecule has 0 radical (unpaired) electrons. The number of amides is 1. The molecule has 8 heteroatoms. The van der Waals surface area contributed by atoms with Crippen LogP contribution in [0.4, 0.5) is 5.69 Å². The molecule has 0 fully saturated rings. The van der Waals surface area contributed by atoms with Crippen molar-refractivity contribution in [3.8, 4) is 5.75 Å². The van der Waals surface area contributed by atoms with Crippen molar-refractivity contribution >= 4 is 23.4 Å². The number of rotatable bonds is 7. The van der Waals surface area contributed by atoms with E-state index in [1.807, 2.05) is 60.7 Å². The molecule has 2 aromatic carbocycles. The van der Waals surface area contributed by atoms with Crippen LogP contribution in [-0.2, 0) is 11.4 Å². The van der Waals surface area contributed by atoms with Gasteiger partial charge >= 0.3 is 0 Å². The van der Waals surface area contributed by atoms with Crippen LogP contribution in [0.1, 0.15) is 5.82 Å². The smallest absolute Gasteiger partial charge is 0.234 e. The van der Waals surface area contributed by atoms with Crippen LogP contribution in [0.3, 0.4) is 0 Å². The number of nitrogen functional groups attached to an aromatic ring is 1. The molecule has 1 amide bonds. The second-order valence-corrected chi connectivity index (χ2v) is 6.02. The van der Waals surface area contributed by atoms with Gasteiger partial charge in [-0.25, -0.2) is 4.68 Å². The van der Waals surface area contributed by atoms with Gasteiger partial charge in [0.1, 0.15) is 12.4 Å². The minimum absolute atomic E-state index is 0.138. The fourth-order valence-corrected chi connectivity index (χ4v) is 2.69. The van der Waals surface area contributed by atoms with E-state index in [-0.39, 0.29) is 18.3 Å². The molecule has 1 aromatic heterocycles. The minimum atomic E-state index is -0.138. The van der Waals surface area contributed by atoms with E-state index in [1.54, 1.807) is 0 Å². The second-order valence-electron chi connectivity index (χ2n) is 5.07. The highest BCUT2D eigenvalue weighted by Gasteiger charge is 2.13. The van der Waals surface area contributed by atoms with Crippen LogP contribution >= 0.6 is 11.8 Å². The van der Waals surface area contributed by atoms with E-state index in [4.69, 9.17) is 10.6 Å². The number of nitrogens with zero attached hydrogens (tertiary/aromatic N) is 3. The first-order valence-electron chi connectivity index (χ1n) is 7.57. The molecule has 0 aliphatic carbocycles. The van der Waals surface area contributed by atoms with Gasteiger partial charge in [-0.15, -0.1) is 10.2 Å². The Hall–Kier alpha value is -3.00. The zero-order valence-corrected chi connectivity index (χ0v) is 14.1. The monoisotopic (exact) mass is 355 g/mol. The molecule has 0 saturated carbocycles. The lowest BCUT2D eigenvalue weighted by molar-refractivity contribution is -0.113. The molecular weight excluding hydrogens is 338 g/mol. The first kappa shape index (κ1) is 16.8. The highest BCUT2D eigenvalue weighted by Crippen LogP contribution is 2.17. The number of carbonyl (C=O) groups excluding carboxylic acids is 1. The molecule has 25 heavy (non-hydrogen) atoms. The molecule has 3 N–H and O–H groups in total. The fourth-order valence-electron chi connectivity index (χ4n) is 2.02. The zero-order valence-electron chi connectivity index (χ0n) is 13.3. The van der Waals surface area contributed by atoms with Crippen molar-refractivity contribution in [2.75, 3.05) is 16.9 Å². The summed E-state index contributed by atoms with van der Waals surface area (Å²) < 4.78 is 6.94. The van der Waals surface area contributed by atoms with Crippen molar-refractivity contribution in [3.05, 3.63) is 66.5 Å². The summed E-state index contributed by atoms with van der Waals surface area (Å²) in [7, 11) is 0. The fraction of sp³-hybridized carbons (Fsp3) is 0.118. The lowest BCUT2D eigenvalue weighted by Crippen LogP contribution is -2.18. The SMILES string of the molecule is Nn1c(COc2ccccc2)nnc1SCC(=O)Nc1ccccc1. The van der Waals surface area contributed by atoms with E-state index in [2.05, 4.69) is 15.5 Å². The van der Waals surface area contributed by atoms with Gasteiger partial charge in [-0.3, -0.25) is 4.79 Å². The van der Waals surface area contributed by atoms with Crippen LogP contribution < -0.4 is 15.9 Å². The van der Waals surface area contributed by atoms with Gasteiger partial charge < -0.3 is 15.9 Å². The molecule has 0 atom stereocenters. The number of carbonyl (C=O) groups is 1. The van der Waals surface area contributed by atoms with Crippen LogP contribution in [0.2, 0.25) is 0 Å². The Kier molecular flexibility index (Phi) is 5.53. The van der Waals surface area contributed by atoms with E-state index in [0.717, 1.165) is 11.4 Å². The summed E-state index contributed by atoms with van der Waals surface area (Å²) in [4.78, 5) is 12.0. The summed E-state index contributed by atoms with van der Waals surface area (Å²) in [5, 5.41) is 11.3. The molecule has 0 saturated heterocycles. The van der Waals surface area contributed by atoms with Gasteiger partial charge in [-0.1, -0.05) is 48.2 Å². The van der Waals surface area contributed by atoms with Crippen molar-refractivity contribution in [2.24, 2.45) is 0 Å². The van der Waals surface area contributed by atoms with Gasteiger partial charge in [0.15, 0.2) is 5.82 Å². The second kappa shape index (κ2) is 8.20. The lowest BCUT2D eigenvalue weighted by atomic mass is 10.3. The van der Waals surface area contributed by atoms with Crippen molar-refractivity contribution in [1.82, 2.24) is 14.9 Å². The molecule has 3 rings (SSSR count). The van der Waals surface area contributed by atoms with E-state index >= 15 is 0 Å². The zero-order chi connectivity index (χ0) is 17.5. The van der Waals surface area contributed by atoms with E-state index in [0.29, 0.717) is 11.0 Å². The summed E-state index contributed by atoms with van der Waals surface area (Å²) in [6.07, 6.45) is 0. The van der Waals surface area contributed by atoms with Gasteiger partial charge in [-0.2, -0.15) is 0 Å². The average molecular weight is 355 g/mol. The Bertz CT molecular complexity index is 824. The van der Waals surface area contributed by atoms with Crippen LogP contribution in [0.15, 0.2) is 65.8 Å². The average Bonchev–Trinajstić information content (AvgIpc) is 3.00. The molecule has 128 valence electrons. The summed E-state index contributed by atoms with van der Waals surface area (Å²) in [5.41, 5.74) is 0.749. The minimum Gasteiger partial charge on any atom is -0.486 e. The molecule has 0 spiro atoms. The molecule has 3 aromatic rings. The number of para-hydroxylation sites is 2. The quantitative estimate of drug-likeness (QED) is 0.499. The van der Waals surface area contributed by atoms with E-state index in [1.165, 1.54) is 16.4 Å². The first-order chi connectivity index (χ1) is 12.2. The maximum Gasteiger partial charge on any atom is 0.234 e. The Labute approximate surface area is 149 Å². The number of ether oxygens (including phenoxy) is 1. The van der Waals surface area contributed by atoms with Crippen LogP contribution in [0.5, 0.6) is 5.75 Å².